The number of carboxylic acids is 1. The molecule has 2 N–H and O–H groups in total. The first kappa shape index (κ1) is 22.4. The molecule has 0 amide bonds. The van der Waals surface area contributed by atoms with Crippen LogP contribution in [-0.4, -0.2) is 24.2 Å². The van der Waals surface area contributed by atoms with Gasteiger partial charge in [-0.1, -0.05) is 49.4 Å². The first-order chi connectivity index (χ1) is 14.5. The average molecular weight is 410 g/mol. The Labute approximate surface area is 180 Å². The molecular formula is C26H35NO3. The molecule has 0 saturated heterocycles. The normalized spacial score (nSPS) is 23.5. The maximum absolute atomic E-state index is 11.4. The van der Waals surface area contributed by atoms with E-state index < -0.39 is 5.97 Å². The number of carbonyl (C=O) groups is 1. The molecule has 4 heteroatoms. The lowest BCUT2D eigenvalue weighted by atomic mass is 9.70. The summed E-state index contributed by atoms with van der Waals surface area (Å²) in [4.78, 5) is 11.4. The van der Waals surface area contributed by atoms with Crippen molar-refractivity contribution < 1.29 is 14.6 Å². The van der Waals surface area contributed by atoms with Gasteiger partial charge in [0.1, 0.15) is 5.75 Å². The Balaban J connectivity index is 1.68. The summed E-state index contributed by atoms with van der Waals surface area (Å²) in [7, 11) is 1.69. The van der Waals surface area contributed by atoms with Crippen LogP contribution in [0.1, 0.15) is 56.7 Å². The maximum atomic E-state index is 11.4. The van der Waals surface area contributed by atoms with Crippen molar-refractivity contribution >= 4 is 5.97 Å². The molecule has 0 aliphatic heterocycles. The molecule has 2 unspecified atom stereocenters. The highest BCUT2D eigenvalue weighted by Crippen LogP contribution is 2.38. The Hall–Kier alpha value is -2.33. The summed E-state index contributed by atoms with van der Waals surface area (Å²) in [6.07, 6.45) is 4.60. The zero-order chi connectivity index (χ0) is 21.5. The van der Waals surface area contributed by atoms with Gasteiger partial charge in [-0.25, -0.2) is 0 Å². The van der Waals surface area contributed by atoms with Gasteiger partial charge >= 0.3 is 5.97 Å². The lowest BCUT2D eigenvalue weighted by Crippen LogP contribution is -2.45. The van der Waals surface area contributed by atoms with Crippen LogP contribution in [-0.2, 0) is 11.2 Å². The van der Waals surface area contributed by atoms with Gasteiger partial charge in [0.05, 0.1) is 7.11 Å². The lowest BCUT2D eigenvalue weighted by molar-refractivity contribution is -0.138. The minimum atomic E-state index is -0.699. The van der Waals surface area contributed by atoms with Gasteiger partial charge in [-0.15, -0.1) is 0 Å². The number of nitrogens with one attached hydrogen (secondary N) is 1. The molecule has 1 aliphatic rings. The summed E-state index contributed by atoms with van der Waals surface area (Å²) in [5.41, 5.74) is 2.61. The van der Waals surface area contributed by atoms with Crippen LogP contribution in [0, 0.1) is 17.8 Å². The van der Waals surface area contributed by atoms with Crippen molar-refractivity contribution in [3.05, 3.63) is 65.7 Å². The smallest absolute Gasteiger partial charge is 0.303 e. The molecule has 1 aliphatic carbocycles. The topological polar surface area (TPSA) is 58.6 Å². The Morgan fingerprint density at radius 3 is 2.43 bits per heavy atom. The molecule has 2 aromatic carbocycles. The Kier molecular flexibility index (Phi) is 7.92. The van der Waals surface area contributed by atoms with Crippen LogP contribution >= 0.6 is 0 Å². The fourth-order valence-electron chi connectivity index (χ4n) is 5.00. The van der Waals surface area contributed by atoms with E-state index in [0.717, 1.165) is 25.0 Å². The monoisotopic (exact) mass is 409 g/mol. The molecule has 3 rings (SSSR count). The van der Waals surface area contributed by atoms with Crippen molar-refractivity contribution in [2.45, 2.75) is 58.0 Å². The zero-order valence-corrected chi connectivity index (χ0v) is 18.4. The Morgan fingerprint density at radius 1 is 1.10 bits per heavy atom. The van der Waals surface area contributed by atoms with E-state index in [1.54, 1.807) is 7.11 Å². The van der Waals surface area contributed by atoms with Gasteiger partial charge in [0, 0.05) is 18.5 Å². The van der Waals surface area contributed by atoms with Crippen LogP contribution in [0.15, 0.2) is 54.6 Å². The predicted octanol–water partition coefficient (Wildman–Crippen LogP) is 5.48. The second-order valence-corrected chi connectivity index (χ2v) is 8.88. The second-order valence-electron chi connectivity index (χ2n) is 8.88. The second kappa shape index (κ2) is 10.6. The third-order valence-corrected chi connectivity index (χ3v) is 6.68. The van der Waals surface area contributed by atoms with Gasteiger partial charge in [0.15, 0.2) is 0 Å². The molecule has 30 heavy (non-hydrogen) atoms. The fourth-order valence-corrected chi connectivity index (χ4v) is 5.00. The molecule has 0 radical (unpaired) electrons. The summed E-state index contributed by atoms with van der Waals surface area (Å²) in [5.74, 6) is 1.29. The van der Waals surface area contributed by atoms with Crippen LogP contribution < -0.4 is 10.1 Å². The molecule has 1 saturated carbocycles. The number of methoxy groups -OCH3 is 1. The van der Waals surface area contributed by atoms with E-state index in [0.29, 0.717) is 17.9 Å². The number of aliphatic carboxylic acids is 1. The van der Waals surface area contributed by atoms with Crippen molar-refractivity contribution in [3.8, 4) is 5.75 Å². The molecule has 0 spiro atoms. The van der Waals surface area contributed by atoms with Gasteiger partial charge in [-0.2, -0.15) is 0 Å². The van der Waals surface area contributed by atoms with Gasteiger partial charge in [0.25, 0.3) is 0 Å². The van der Waals surface area contributed by atoms with Gasteiger partial charge in [-0.05, 0) is 73.6 Å². The van der Waals surface area contributed by atoms with Crippen LogP contribution in [0.5, 0.6) is 5.75 Å². The molecule has 162 valence electrons. The first-order valence-electron chi connectivity index (χ1n) is 11.1. The number of benzene rings is 2. The highest BCUT2D eigenvalue weighted by molar-refractivity contribution is 5.67. The van der Waals surface area contributed by atoms with Crippen molar-refractivity contribution in [2.24, 2.45) is 17.8 Å². The Morgan fingerprint density at radius 2 is 1.80 bits per heavy atom. The molecule has 4 nitrogen and oxygen atoms in total. The molecule has 0 aromatic heterocycles. The van der Waals surface area contributed by atoms with E-state index in [-0.39, 0.29) is 18.4 Å². The minimum absolute atomic E-state index is 0.154. The number of hydrogen-bond donors (Lipinski definition) is 2. The van der Waals surface area contributed by atoms with Crippen LogP contribution in [0.2, 0.25) is 0 Å². The maximum Gasteiger partial charge on any atom is 0.303 e. The largest absolute Gasteiger partial charge is 0.497 e. The highest BCUT2D eigenvalue weighted by atomic mass is 16.5. The van der Waals surface area contributed by atoms with E-state index in [4.69, 9.17) is 4.74 Å². The molecular weight excluding hydrogens is 374 g/mol. The number of rotatable bonds is 9. The predicted molar refractivity (Wildman–Crippen MR) is 121 cm³/mol. The standard InChI is InChI=1S/C26H35NO3/c1-18(15-26(28)29)24-17-21(16-20-9-12-23(30-3)13-10-20)11-14-25(24)27-19(2)22-7-5-4-6-8-22/h4-10,12-13,18-19,21,24-25,27H,11,14-17H2,1-3H3,(H,28,29)/t18?,19?,21-,24+,25+/m0/s1. The van der Waals surface area contributed by atoms with Crippen LogP contribution in [0.4, 0.5) is 0 Å². The molecule has 1 fully saturated rings. The SMILES string of the molecule is COc1ccc(C[C@@H]2CC[C@@H](NC(C)c3ccccc3)[C@@H](C(C)CC(=O)O)C2)cc1. The molecule has 0 bridgehead atoms. The van der Waals surface area contributed by atoms with Crippen LogP contribution in [0.25, 0.3) is 0 Å². The highest BCUT2D eigenvalue weighted by Gasteiger charge is 2.35. The summed E-state index contributed by atoms with van der Waals surface area (Å²) in [6, 6.07) is 19.4. The molecule has 5 atom stereocenters. The summed E-state index contributed by atoms with van der Waals surface area (Å²) in [6.45, 7) is 4.31. The van der Waals surface area contributed by atoms with Gasteiger partial charge in [-0.3, -0.25) is 4.79 Å². The zero-order valence-electron chi connectivity index (χ0n) is 18.4. The van der Waals surface area contributed by atoms with E-state index in [1.807, 2.05) is 18.2 Å². The average Bonchev–Trinajstić information content (AvgIpc) is 2.75. The minimum Gasteiger partial charge on any atom is -0.497 e. The number of hydrogen-bond acceptors (Lipinski definition) is 3. The third-order valence-electron chi connectivity index (χ3n) is 6.68. The lowest BCUT2D eigenvalue weighted by Gasteiger charge is -2.41. The quantitative estimate of drug-likeness (QED) is 0.575. The van der Waals surface area contributed by atoms with Crippen molar-refractivity contribution in [1.82, 2.24) is 5.32 Å². The summed E-state index contributed by atoms with van der Waals surface area (Å²) < 4.78 is 5.27. The Bertz CT molecular complexity index is 790. The van der Waals surface area contributed by atoms with E-state index in [2.05, 4.69) is 55.6 Å². The fraction of sp³-hybridized carbons (Fsp3) is 0.500. The van der Waals surface area contributed by atoms with E-state index in [9.17, 15) is 9.90 Å². The third kappa shape index (κ3) is 6.09. The van der Waals surface area contributed by atoms with Crippen molar-refractivity contribution in [3.63, 3.8) is 0 Å². The van der Waals surface area contributed by atoms with Crippen LogP contribution in [0.3, 0.4) is 0 Å². The number of ether oxygens (including phenoxy) is 1. The van der Waals surface area contributed by atoms with Gasteiger partial charge < -0.3 is 15.2 Å². The molecule has 2 aromatic rings. The van der Waals surface area contributed by atoms with E-state index in [1.165, 1.54) is 17.5 Å². The summed E-state index contributed by atoms with van der Waals surface area (Å²) >= 11 is 0. The first-order valence-corrected chi connectivity index (χ1v) is 11.1. The van der Waals surface area contributed by atoms with Crippen molar-refractivity contribution in [1.29, 1.82) is 0 Å². The van der Waals surface area contributed by atoms with Gasteiger partial charge in [0.2, 0.25) is 0 Å². The molecule has 0 heterocycles. The van der Waals surface area contributed by atoms with E-state index >= 15 is 0 Å². The van der Waals surface area contributed by atoms with Crippen molar-refractivity contribution in [2.75, 3.05) is 7.11 Å². The summed E-state index contributed by atoms with van der Waals surface area (Å²) in [5, 5.41) is 13.2. The number of carboxylic acid groups (broad SMARTS) is 1.